The second kappa shape index (κ2) is 6.60. The summed E-state index contributed by atoms with van der Waals surface area (Å²) >= 11 is 0. The first-order valence-corrected chi connectivity index (χ1v) is 7.68. The summed E-state index contributed by atoms with van der Waals surface area (Å²) in [6.45, 7) is 0.432. The molecule has 0 aliphatic carbocycles. The van der Waals surface area contributed by atoms with E-state index in [-0.39, 0.29) is 11.8 Å². The summed E-state index contributed by atoms with van der Waals surface area (Å²) in [5.41, 5.74) is 3.87. The molecule has 23 heavy (non-hydrogen) atoms. The molecule has 118 valence electrons. The van der Waals surface area contributed by atoms with E-state index in [9.17, 15) is 9.59 Å². The summed E-state index contributed by atoms with van der Waals surface area (Å²) in [5, 5.41) is 2.88. The summed E-state index contributed by atoms with van der Waals surface area (Å²) in [4.78, 5) is 29.6. The molecule has 1 aromatic carbocycles. The molecule has 0 unspecified atom stereocenters. The maximum Gasteiger partial charge on any atom is 0.227 e. The Hall–Kier alpha value is -2.69. The number of pyridine rings is 1. The molecule has 0 atom stereocenters. The molecule has 2 aromatic rings. The maximum atomic E-state index is 12.1. The Morgan fingerprint density at radius 2 is 2.13 bits per heavy atom. The first kappa shape index (κ1) is 15.2. The lowest BCUT2D eigenvalue weighted by atomic mass is 9.98. The number of hydrogen-bond donors (Lipinski definition) is 1. The molecule has 0 saturated heterocycles. The number of nitrogens with one attached hydrogen (secondary N) is 1. The van der Waals surface area contributed by atoms with E-state index in [1.807, 2.05) is 36.4 Å². The highest BCUT2D eigenvalue weighted by molar-refractivity contribution is 5.96. The standard InChI is InChI=1S/C18H19N3O2/c1-21-16-7-5-13(10-14(16)6-8-18(21)23)11-17(22)20-12-15-4-2-3-9-19-15/h2-5,7,9-10H,6,8,11-12H2,1H3,(H,20,22). The van der Waals surface area contributed by atoms with E-state index in [2.05, 4.69) is 10.3 Å². The van der Waals surface area contributed by atoms with Crippen molar-refractivity contribution in [1.29, 1.82) is 0 Å². The van der Waals surface area contributed by atoms with Crippen LogP contribution < -0.4 is 10.2 Å². The van der Waals surface area contributed by atoms with Gasteiger partial charge in [0.2, 0.25) is 11.8 Å². The van der Waals surface area contributed by atoms with Crippen molar-refractivity contribution >= 4 is 17.5 Å². The van der Waals surface area contributed by atoms with Gasteiger partial charge in [-0.25, -0.2) is 0 Å². The zero-order chi connectivity index (χ0) is 16.2. The van der Waals surface area contributed by atoms with Gasteiger partial charge in [-0.15, -0.1) is 0 Å². The summed E-state index contributed by atoms with van der Waals surface area (Å²) in [7, 11) is 1.79. The number of rotatable bonds is 4. The van der Waals surface area contributed by atoms with Gasteiger partial charge in [0, 0.05) is 25.4 Å². The van der Waals surface area contributed by atoms with Crippen molar-refractivity contribution in [3.8, 4) is 0 Å². The Bertz CT molecular complexity index is 728. The van der Waals surface area contributed by atoms with Crippen LogP contribution >= 0.6 is 0 Å². The van der Waals surface area contributed by atoms with Crippen LogP contribution in [0, 0.1) is 0 Å². The lowest BCUT2D eigenvalue weighted by Gasteiger charge is -2.26. The molecule has 1 aromatic heterocycles. The lowest BCUT2D eigenvalue weighted by Crippen LogP contribution is -2.31. The highest BCUT2D eigenvalue weighted by Crippen LogP contribution is 2.27. The molecule has 5 nitrogen and oxygen atoms in total. The van der Waals surface area contributed by atoms with Crippen molar-refractivity contribution in [1.82, 2.24) is 10.3 Å². The lowest BCUT2D eigenvalue weighted by molar-refractivity contribution is -0.120. The maximum absolute atomic E-state index is 12.1. The van der Waals surface area contributed by atoms with Crippen LogP contribution in [0.15, 0.2) is 42.6 Å². The molecule has 3 rings (SSSR count). The largest absolute Gasteiger partial charge is 0.350 e. The van der Waals surface area contributed by atoms with Gasteiger partial charge in [0.15, 0.2) is 0 Å². The van der Waals surface area contributed by atoms with Gasteiger partial charge in [0.25, 0.3) is 0 Å². The predicted molar refractivity (Wildman–Crippen MR) is 88.0 cm³/mol. The highest BCUT2D eigenvalue weighted by atomic mass is 16.2. The molecule has 1 aliphatic rings. The Morgan fingerprint density at radius 1 is 1.26 bits per heavy atom. The van der Waals surface area contributed by atoms with E-state index >= 15 is 0 Å². The zero-order valence-corrected chi connectivity index (χ0v) is 13.1. The van der Waals surface area contributed by atoms with E-state index in [1.54, 1.807) is 18.1 Å². The first-order chi connectivity index (χ1) is 11.1. The molecule has 2 heterocycles. The van der Waals surface area contributed by atoms with Crippen LogP contribution in [0.5, 0.6) is 0 Å². The smallest absolute Gasteiger partial charge is 0.227 e. The van der Waals surface area contributed by atoms with E-state index in [4.69, 9.17) is 0 Å². The number of anilines is 1. The normalized spacial score (nSPS) is 13.6. The molecule has 0 saturated carbocycles. The number of amides is 2. The van der Waals surface area contributed by atoms with E-state index in [1.165, 1.54) is 0 Å². The number of benzene rings is 1. The summed E-state index contributed by atoms with van der Waals surface area (Å²) in [6.07, 6.45) is 3.31. The van der Waals surface area contributed by atoms with Crippen LogP contribution in [0.1, 0.15) is 23.2 Å². The van der Waals surface area contributed by atoms with Crippen LogP contribution in [0.2, 0.25) is 0 Å². The van der Waals surface area contributed by atoms with Crippen LogP contribution in [0.4, 0.5) is 5.69 Å². The van der Waals surface area contributed by atoms with Gasteiger partial charge in [-0.3, -0.25) is 14.6 Å². The fourth-order valence-electron chi connectivity index (χ4n) is 2.76. The molecule has 1 N–H and O–H groups in total. The number of carbonyl (C=O) groups excluding carboxylic acids is 2. The minimum atomic E-state index is -0.0316. The molecule has 1 aliphatic heterocycles. The number of nitrogens with zero attached hydrogens (tertiary/aromatic N) is 2. The van der Waals surface area contributed by atoms with Crippen LogP contribution in [0.25, 0.3) is 0 Å². The van der Waals surface area contributed by atoms with Crippen molar-refractivity contribution in [2.75, 3.05) is 11.9 Å². The first-order valence-electron chi connectivity index (χ1n) is 7.68. The fourth-order valence-corrected chi connectivity index (χ4v) is 2.76. The molecular weight excluding hydrogens is 290 g/mol. The SMILES string of the molecule is CN1C(=O)CCc2cc(CC(=O)NCc3ccccn3)ccc21. The van der Waals surface area contributed by atoms with Gasteiger partial charge in [0.1, 0.15) is 0 Å². The van der Waals surface area contributed by atoms with Gasteiger partial charge in [-0.1, -0.05) is 18.2 Å². The number of aryl methyl sites for hydroxylation is 1. The van der Waals surface area contributed by atoms with E-state index in [0.717, 1.165) is 28.9 Å². The van der Waals surface area contributed by atoms with Crippen molar-refractivity contribution < 1.29 is 9.59 Å². The quantitative estimate of drug-likeness (QED) is 0.937. The van der Waals surface area contributed by atoms with Crippen LogP contribution in [-0.4, -0.2) is 23.8 Å². The molecular formula is C18H19N3O2. The molecule has 0 spiro atoms. The highest BCUT2D eigenvalue weighted by Gasteiger charge is 2.20. The third-order valence-electron chi connectivity index (χ3n) is 4.05. The van der Waals surface area contributed by atoms with Crippen molar-refractivity contribution in [3.63, 3.8) is 0 Å². The summed E-state index contributed by atoms with van der Waals surface area (Å²) in [6, 6.07) is 11.5. The van der Waals surface area contributed by atoms with Gasteiger partial charge in [-0.2, -0.15) is 0 Å². The minimum absolute atomic E-state index is 0.0316. The second-order valence-electron chi connectivity index (χ2n) is 5.69. The van der Waals surface area contributed by atoms with Crippen LogP contribution in [-0.2, 0) is 29.0 Å². The van der Waals surface area contributed by atoms with E-state index in [0.29, 0.717) is 19.4 Å². The predicted octanol–water partition coefficient (Wildman–Crippen LogP) is 1.85. The van der Waals surface area contributed by atoms with Crippen molar-refractivity contribution in [2.24, 2.45) is 0 Å². The Morgan fingerprint density at radius 3 is 2.91 bits per heavy atom. The van der Waals surface area contributed by atoms with Gasteiger partial charge >= 0.3 is 0 Å². The third-order valence-corrected chi connectivity index (χ3v) is 4.05. The summed E-state index contributed by atoms with van der Waals surface area (Å²) in [5.74, 6) is 0.106. The monoisotopic (exact) mass is 309 g/mol. The Labute approximate surface area is 135 Å². The minimum Gasteiger partial charge on any atom is -0.350 e. The average Bonchev–Trinajstić information content (AvgIpc) is 2.57. The number of hydrogen-bond acceptors (Lipinski definition) is 3. The zero-order valence-electron chi connectivity index (χ0n) is 13.1. The fraction of sp³-hybridized carbons (Fsp3) is 0.278. The Kier molecular flexibility index (Phi) is 4.37. The number of fused-ring (bicyclic) bond motifs is 1. The number of aromatic nitrogens is 1. The molecule has 0 bridgehead atoms. The average molecular weight is 309 g/mol. The van der Waals surface area contributed by atoms with Crippen LogP contribution in [0.3, 0.4) is 0 Å². The topological polar surface area (TPSA) is 62.3 Å². The van der Waals surface area contributed by atoms with Crippen molar-refractivity contribution in [3.05, 3.63) is 59.4 Å². The van der Waals surface area contributed by atoms with Gasteiger partial charge < -0.3 is 10.2 Å². The van der Waals surface area contributed by atoms with Gasteiger partial charge in [0.05, 0.1) is 18.7 Å². The molecule has 5 heteroatoms. The van der Waals surface area contributed by atoms with Gasteiger partial charge in [-0.05, 0) is 35.7 Å². The molecule has 0 radical (unpaired) electrons. The molecule has 0 fully saturated rings. The second-order valence-corrected chi connectivity index (χ2v) is 5.69. The third kappa shape index (κ3) is 3.56. The van der Waals surface area contributed by atoms with E-state index < -0.39 is 0 Å². The summed E-state index contributed by atoms with van der Waals surface area (Å²) < 4.78 is 0. The Balaban J connectivity index is 1.62. The number of carbonyl (C=O) groups is 2. The molecule has 2 amide bonds. The van der Waals surface area contributed by atoms with Crippen molar-refractivity contribution in [2.45, 2.75) is 25.8 Å².